The fourth-order valence-corrected chi connectivity index (χ4v) is 3.23. The molecule has 0 aliphatic rings. The molecule has 3 aromatic carbocycles. The molecule has 4 rings (SSSR count). The molecule has 3 N–H and O–H groups in total. The van der Waals surface area contributed by atoms with Crippen LogP contribution in [-0.2, 0) is 29.8 Å². The highest BCUT2D eigenvalue weighted by molar-refractivity contribution is 6.27. The van der Waals surface area contributed by atoms with Crippen molar-refractivity contribution >= 4 is 17.9 Å². The number of carboxylic acids is 2. The second-order valence-electron chi connectivity index (χ2n) is 7.78. The van der Waals surface area contributed by atoms with Gasteiger partial charge in [0, 0.05) is 13.6 Å². The first kappa shape index (κ1) is 25.0. The van der Waals surface area contributed by atoms with E-state index in [2.05, 4.69) is 70.3 Å². The molecule has 0 unspecified atom stereocenters. The summed E-state index contributed by atoms with van der Waals surface area (Å²) in [6.45, 7) is 3.34. The summed E-state index contributed by atoms with van der Waals surface area (Å²) in [5, 5.41) is 18.2. The van der Waals surface area contributed by atoms with Crippen molar-refractivity contribution in [3.8, 4) is 17.0 Å². The zero-order chi connectivity index (χ0) is 25.2. The summed E-state index contributed by atoms with van der Waals surface area (Å²) in [6.07, 6.45) is 1.91. The third-order valence-corrected chi connectivity index (χ3v) is 5.12. The molecule has 0 aliphatic carbocycles. The van der Waals surface area contributed by atoms with Crippen LogP contribution in [0, 0.1) is 6.92 Å². The Labute approximate surface area is 203 Å². The van der Waals surface area contributed by atoms with Gasteiger partial charge < -0.3 is 24.8 Å². The molecule has 35 heavy (non-hydrogen) atoms. The average Bonchev–Trinajstić information content (AvgIpc) is 3.23. The van der Waals surface area contributed by atoms with Crippen LogP contribution >= 0.6 is 0 Å². The Morgan fingerprint density at radius 1 is 0.914 bits per heavy atom. The van der Waals surface area contributed by atoms with E-state index in [1.165, 1.54) is 5.56 Å². The van der Waals surface area contributed by atoms with Crippen LogP contribution in [0.5, 0.6) is 5.75 Å². The number of carboxylic acid groups (broad SMARTS) is 2. The number of nitrogens with zero attached hydrogens (tertiary/aromatic N) is 2. The van der Waals surface area contributed by atoms with Crippen molar-refractivity contribution in [2.24, 2.45) is 7.05 Å². The number of aromatic nitrogens is 2. The summed E-state index contributed by atoms with van der Waals surface area (Å²) in [6, 6.07) is 26.9. The van der Waals surface area contributed by atoms with Crippen LogP contribution in [0.4, 0.5) is 5.95 Å². The third kappa shape index (κ3) is 7.46. The van der Waals surface area contributed by atoms with Gasteiger partial charge in [-0.25, -0.2) is 14.6 Å². The molecule has 8 heteroatoms. The molecule has 0 spiro atoms. The van der Waals surface area contributed by atoms with Gasteiger partial charge in [0.25, 0.3) is 0 Å². The molecule has 0 saturated carbocycles. The summed E-state index contributed by atoms with van der Waals surface area (Å²) < 4.78 is 8.02. The van der Waals surface area contributed by atoms with Gasteiger partial charge in [0.1, 0.15) is 12.4 Å². The summed E-state index contributed by atoms with van der Waals surface area (Å²) in [7, 11) is 2.03. The van der Waals surface area contributed by atoms with Crippen LogP contribution in [0.25, 0.3) is 11.3 Å². The Bertz CT molecular complexity index is 1260. The Morgan fingerprint density at radius 2 is 1.57 bits per heavy atom. The third-order valence-electron chi connectivity index (χ3n) is 5.12. The maximum atomic E-state index is 9.10. The van der Waals surface area contributed by atoms with E-state index >= 15 is 0 Å². The van der Waals surface area contributed by atoms with Gasteiger partial charge in [-0.15, -0.1) is 0 Å². The monoisotopic (exact) mass is 473 g/mol. The number of nitrogens with one attached hydrogen (secondary N) is 1. The van der Waals surface area contributed by atoms with Crippen molar-refractivity contribution in [1.82, 2.24) is 9.55 Å². The first-order valence-electron chi connectivity index (χ1n) is 10.9. The van der Waals surface area contributed by atoms with E-state index in [-0.39, 0.29) is 0 Å². The number of aryl methyl sites for hydroxylation is 1. The molecule has 8 nitrogen and oxygen atoms in total. The van der Waals surface area contributed by atoms with Gasteiger partial charge in [-0.05, 0) is 35.7 Å². The Kier molecular flexibility index (Phi) is 8.61. The van der Waals surface area contributed by atoms with Gasteiger partial charge in [-0.1, -0.05) is 72.3 Å². The van der Waals surface area contributed by atoms with Crippen LogP contribution in [0.2, 0.25) is 0 Å². The Hall–Kier alpha value is -4.59. The summed E-state index contributed by atoms with van der Waals surface area (Å²) in [4.78, 5) is 22.7. The van der Waals surface area contributed by atoms with E-state index in [0.29, 0.717) is 13.2 Å². The zero-order valence-electron chi connectivity index (χ0n) is 19.5. The summed E-state index contributed by atoms with van der Waals surface area (Å²) in [5.74, 6) is -1.94. The lowest BCUT2D eigenvalue weighted by Gasteiger charge is -2.11. The zero-order valence-corrected chi connectivity index (χ0v) is 19.5. The Morgan fingerprint density at radius 3 is 2.23 bits per heavy atom. The molecular formula is C27H27N3O5. The molecule has 0 atom stereocenters. The van der Waals surface area contributed by atoms with Gasteiger partial charge in [0.05, 0.1) is 11.9 Å². The van der Waals surface area contributed by atoms with Crippen LogP contribution in [0.15, 0.2) is 85.1 Å². The van der Waals surface area contributed by atoms with Gasteiger partial charge in [0.15, 0.2) is 0 Å². The van der Waals surface area contributed by atoms with Gasteiger partial charge in [-0.3, -0.25) is 0 Å². The predicted octanol–water partition coefficient (Wildman–Crippen LogP) is 4.74. The van der Waals surface area contributed by atoms with Crippen LogP contribution in [-0.4, -0.2) is 31.7 Å². The number of ether oxygens (including phenoxy) is 1. The molecule has 0 radical (unpaired) electrons. The van der Waals surface area contributed by atoms with Crippen molar-refractivity contribution < 1.29 is 24.5 Å². The number of aliphatic carboxylic acids is 2. The van der Waals surface area contributed by atoms with Crippen molar-refractivity contribution in [2.75, 3.05) is 5.32 Å². The molecule has 0 fully saturated rings. The summed E-state index contributed by atoms with van der Waals surface area (Å²) >= 11 is 0. The number of benzene rings is 3. The van der Waals surface area contributed by atoms with Crippen LogP contribution in [0.3, 0.4) is 0 Å². The minimum atomic E-state index is -1.82. The van der Waals surface area contributed by atoms with Crippen molar-refractivity contribution in [3.63, 3.8) is 0 Å². The molecule has 0 amide bonds. The minimum absolute atomic E-state index is 0.566. The van der Waals surface area contributed by atoms with E-state index in [0.717, 1.165) is 34.1 Å². The number of rotatable bonds is 7. The van der Waals surface area contributed by atoms with Gasteiger partial charge in [-0.2, -0.15) is 0 Å². The number of hydrogen-bond acceptors (Lipinski definition) is 5. The smallest absolute Gasteiger partial charge is 0.414 e. The normalized spacial score (nSPS) is 10.1. The molecular weight excluding hydrogens is 446 g/mol. The van der Waals surface area contributed by atoms with Gasteiger partial charge in [0.2, 0.25) is 5.95 Å². The highest BCUT2D eigenvalue weighted by Gasteiger charge is 2.08. The lowest BCUT2D eigenvalue weighted by atomic mass is 10.1. The number of imidazole rings is 1. The SMILES string of the molecule is Cc1ccc(-c2cnc(NCc3cccc(OCc4ccccc4)c3)n2C)cc1.O=C(O)C(=O)O. The van der Waals surface area contributed by atoms with Crippen LogP contribution in [0.1, 0.15) is 16.7 Å². The molecule has 0 bridgehead atoms. The lowest BCUT2D eigenvalue weighted by Crippen LogP contribution is -2.09. The fraction of sp³-hybridized carbons (Fsp3) is 0.148. The molecule has 1 aromatic heterocycles. The van der Waals surface area contributed by atoms with E-state index in [1.807, 2.05) is 43.6 Å². The quantitative estimate of drug-likeness (QED) is 0.332. The number of hydrogen-bond donors (Lipinski definition) is 3. The highest BCUT2D eigenvalue weighted by atomic mass is 16.5. The predicted molar refractivity (Wildman–Crippen MR) is 133 cm³/mol. The molecule has 1 heterocycles. The molecule has 4 aromatic rings. The van der Waals surface area contributed by atoms with Gasteiger partial charge >= 0.3 is 11.9 Å². The Balaban J connectivity index is 0.000000509. The van der Waals surface area contributed by atoms with E-state index in [1.54, 1.807) is 0 Å². The average molecular weight is 474 g/mol. The molecule has 0 saturated heterocycles. The largest absolute Gasteiger partial charge is 0.489 e. The van der Waals surface area contributed by atoms with E-state index in [9.17, 15) is 0 Å². The minimum Gasteiger partial charge on any atom is -0.489 e. The topological polar surface area (TPSA) is 114 Å². The standard InChI is InChI=1S/C25H25N3O.C2H2O4/c1-19-11-13-22(14-12-19)24-17-27-25(28(24)2)26-16-21-9-6-10-23(15-21)29-18-20-7-4-3-5-8-20;3-1(4)2(5)6/h3-15,17H,16,18H2,1-2H3,(H,26,27);(H,3,4)(H,5,6). The highest BCUT2D eigenvalue weighted by Crippen LogP contribution is 2.23. The molecule has 0 aliphatic heterocycles. The molecule has 180 valence electrons. The van der Waals surface area contributed by atoms with Crippen LogP contribution < -0.4 is 10.1 Å². The fourth-order valence-electron chi connectivity index (χ4n) is 3.23. The summed E-state index contributed by atoms with van der Waals surface area (Å²) in [5.41, 5.74) is 5.81. The first-order valence-corrected chi connectivity index (χ1v) is 10.9. The second-order valence-corrected chi connectivity index (χ2v) is 7.78. The maximum Gasteiger partial charge on any atom is 0.414 e. The number of carbonyl (C=O) groups is 2. The lowest BCUT2D eigenvalue weighted by molar-refractivity contribution is -0.159. The van der Waals surface area contributed by atoms with Crippen molar-refractivity contribution in [3.05, 3.63) is 102 Å². The van der Waals surface area contributed by atoms with E-state index in [4.69, 9.17) is 24.5 Å². The van der Waals surface area contributed by atoms with Crippen molar-refractivity contribution in [1.29, 1.82) is 0 Å². The van der Waals surface area contributed by atoms with E-state index < -0.39 is 11.9 Å². The first-order chi connectivity index (χ1) is 16.8. The maximum absolute atomic E-state index is 9.10. The number of anilines is 1. The van der Waals surface area contributed by atoms with Crippen molar-refractivity contribution in [2.45, 2.75) is 20.1 Å². The second kappa shape index (κ2) is 12.0.